The van der Waals surface area contributed by atoms with Gasteiger partial charge in [0.1, 0.15) is 0 Å². The van der Waals surface area contributed by atoms with Crippen molar-refractivity contribution in [2.45, 2.75) is 76.8 Å². The van der Waals surface area contributed by atoms with Gasteiger partial charge in [-0.05, 0) is 12.8 Å². The minimum atomic E-state index is -2.58. The maximum absolute atomic E-state index is 11.5. The highest BCUT2D eigenvalue weighted by molar-refractivity contribution is 5.79. The molecule has 1 aliphatic heterocycles. The second kappa shape index (κ2) is 7.04. The van der Waals surface area contributed by atoms with Crippen LogP contribution in [0, 0.1) is 0 Å². The Morgan fingerprint density at radius 1 is 1.05 bits per heavy atom. The van der Waals surface area contributed by atoms with E-state index in [2.05, 4.69) is 0 Å². The fourth-order valence-corrected chi connectivity index (χ4v) is 2.20. The smallest absolute Gasteiger partial charge is 0.396 e. The minimum Gasteiger partial charge on any atom is -0.396 e. The zero-order valence-corrected chi connectivity index (χ0v) is 12.2. The van der Waals surface area contributed by atoms with E-state index in [4.69, 9.17) is 9.47 Å². The monoisotopic (exact) mass is 288 g/mol. The molecule has 0 aliphatic carbocycles. The summed E-state index contributed by atoms with van der Waals surface area (Å²) in [6, 6.07) is 0. The lowest BCUT2D eigenvalue weighted by Gasteiger charge is -2.39. The molecule has 0 radical (unpaired) electrons. The Balaban J connectivity index is 2.99. The number of hydrogen-bond donors (Lipinski definition) is 2. The molecule has 2 N–H and O–H groups in total. The molecule has 6 heteroatoms. The van der Waals surface area contributed by atoms with Gasteiger partial charge < -0.3 is 19.7 Å². The summed E-state index contributed by atoms with van der Waals surface area (Å²) in [6.45, 7) is 3.88. The summed E-state index contributed by atoms with van der Waals surface area (Å²) < 4.78 is 9.70. The number of hydrogen-bond acceptors (Lipinski definition) is 6. The van der Waals surface area contributed by atoms with Crippen molar-refractivity contribution in [1.29, 1.82) is 0 Å². The van der Waals surface area contributed by atoms with Crippen LogP contribution in [0.5, 0.6) is 0 Å². The van der Waals surface area contributed by atoms with Crippen LogP contribution in [0.1, 0.15) is 65.2 Å². The SMILES string of the molecule is CCCCC(O)(CCCC)C1(O)OC(=O)CCC(=O)O1. The van der Waals surface area contributed by atoms with Gasteiger partial charge in [0.05, 0.1) is 12.8 Å². The van der Waals surface area contributed by atoms with Gasteiger partial charge >= 0.3 is 17.9 Å². The fraction of sp³-hybridized carbons (Fsp3) is 0.857. The van der Waals surface area contributed by atoms with E-state index in [1.807, 2.05) is 13.8 Å². The number of rotatable bonds is 7. The lowest BCUT2D eigenvalue weighted by Crippen LogP contribution is -2.58. The van der Waals surface area contributed by atoms with Crippen molar-refractivity contribution in [1.82, 2.24) is 0 Å². The summed E-state index contributed by atoms with van der Waals surface area (Å²) in [6.07, 6.45) is 2.92. The molecule has 1 saturated heterocycles. The van der Waals surface area contributed by atoms with Gasteiger partial charge in [0, 0.05) is 0 Å². The normalized spacial score (nSPS) is 19.2. The van der Waals surface area contributed by atoms with E-state index in [0.717, 1.165) is 12.8 Å². The van der Waals surface area contributed by atoms with Crippen molar-refractivity contribution in [3.8, 4) is 0 Å². The van der Waals surface area contributed by atoms with Gasteiger partial charge in [-0.15, -0.1) is 0 Å². The Kier molecular flexibility index (Phi) is 5.95. The van der Waals surface area contributed by atoms with E-state index >= 15 is 0 Å². The first kappa shape index (κ1) is 16.9. The summed E-state index contributed by atoms with van der Waals surface area (Å²) in [5, 5.41) is 21.1. The molecule has 0 saturated carbocycles. The predicted molar refractivity (Wildman–Crippen MR) is 70.4 cm³/mol. The van der Waals surface area contributed by atoms with Crippen LogP contribution < -0.4 is 0 Å². The first-order valence-corrected chi connectivity index (χ1v) is 7.25. The molecule has 0 aromatic heterocycles. The van der Waals surface area contributed by atoms with Crippen LogP contribution in [0.2, 0.25) is 0 Å². The van der Waals surface area contributed by atoms with Crippen LogP contribution in [0.4, 0.5) is 0 Å². The minimum absolute atomic E-state index is 0.154. The molecule has 116 valence electrons. The van der Waals surface area contributed by atoms with Gasteiger partial charge in [0.15, 0.2) is 5.60 Å². The maximum Gasteiger partial charge on any atom is 0.404 e. The molecule has 1 fully saturated rings. The molecule has 0 unspecified atom stereocenters. The van der Waals surface area contributed by atoms with E-state index in [-0.39, 0.29) is 25.7 Å². The topological polar surface area (TPSA) is 93.1 Å². The Hall–Kier alpha value is -1.14. The highest BCUT2D eigenvalue weighted by Gasteiger charge is 2.57. The standard InChI is InChI=1S/C14H24O6/c1-3-5-9-13(17,10-6-4-2)14(18)19-11(15)7-8-12(16)20-14/h17-18H,3-10H2,1-2H3. The molecule has 1 heterocycles. The van der Waals surface area contributed by atoms with Crippen LogP contribution in [0.25, 0.3) is 0 Å². The summed E-state index contributed by atoms with van der Waals surface area (Å²) in [4.78, 5) is 23.0. The number of carbonyl (C=O) groups is 2. The molecule has 20 heavy (non-hydrogen) atoms. The Morgan fingerprint density at radius 3 is 1.80 bits per heavy atom. The third kappa shape index (κ3) is 3.93. The number of esters is 2. The Morgan fingerprint density at radius 2 is 1.45 bits per heavy atom. The quantitative estimate of drug-likeness (QED) is 0.692. The highest BCUT2D eigenvalue weighted by atomic mass is 16.9. The van der Waals surface area contributed by atoms with Crippen molar-refractivity contribution in [3.63, 3.8) is 0 Å². The van der Waals surface area contributed by atoms with Crippen molar-refractivity contribution in [2.75, 3.05) is 0 Å². The Bertz CT molecular complexity index is 326. The highest BCUT2D eigenvalue weighted by Crippen LogP contribution is 2.37. The van der Waals surface area contributed by atoms with E-state index in [0.29, 0.717) is 12.8 Å². The molecule has 0 atom stereocenters. The average molecular weight is 288 g/mol. The number of aliphatic hydroxyl groups is 2. The third-order valence-electron chi connectivity index (χ3n) is 3.51. The van der Waals surface area contributed by atoms with Gasteiger partial charge in [0.2, 0.25) is 0 Å². The molecule has 6 nitrogen and oxygen atoms in total. The van der Waals surface area contributed by atoms with Crippen LogP contribution in [-0.2, 0) is 19.1 Å². The van der Waals surface area contributed by atoms with Crippen molar-refractivity contribution in [3.05, 3.63) is 0 Å². The van der Waals surface area contributed by atoms with Crippen molar-refractivity contribution in [2.24, 2.45) is 0 Å². The van der Waals surface area contributed by atoms with E-state index in [9.17, 15) is 19.8 Å². The van der Waals surface area contributed by atoms with Crippen LogP contribution in [-0.4, -0.2) is 33.7 Å². The van der Waals surface area contributed by atoms with Crippen LogP contribution in [0.15, 0.2) is 0 Å². The first-order chi connectivity index (χ1) is 9.37. The van der Waals surface area contributed by atoms with Gasteiger partial charge in [-0.1, -0.05) is 39.5 Å². The summed E-state index contributed by atoms with van der Waals surface area (Å²) in [7, 11) is 0. The maximum atomic E-state index is 11.5. The molecule has 0 bridgehead atoms. The lowest BCUT2D eigenvalue weighted by molar-refractivity contribution is -0.392. The van der Waals surface area contributed by atoms with Gasteiger partial charge in [-0.2, -0.15) is 0 Å². The predicted octanol–water partition coefficient (Wildman–Crippen LogP) is 1.62. The Labute approximate surface area is 119 Å². The van der Waals surface area contributed by atoms with E-state index in [1.165, 1.54) is 0 Å². The number of cyclic esters (lactones) is 2. The largest absolute Gasteiger partial charge is 0.404 e. The van der Waals surface area contributed by atoms with Crippen molar-refractivity contribution < 1.29 is 29.3 Å². The second-order valence-corrected chi connectivity index (χ2v) is 5.27. The van der Waals surface area contributed by atoms with Gasteiger partial charge in [0.25, 0.3) is 0 Å². The molecule has 1 rings (SSSR count). The first-order valence-electron chi connectivity index (χ1n) is 7.25. The number of ether oxygens (including phenoxy) is 2. The van der Waals surface area contributed by atoms with Crippen LogP contribution in [0.3, 0.4) is 0 Å². The van der Waals surface area contributed by atoms with Gasteiger partial charge in [-0.3, -0.25) is 9.59 Å². The average Bonchev–Trinajstić information content (AvgIpc) is 2.53. The zero-order chi connectivity index (χ0) is 15.2. The zero-order valence-electron chi connectivity index (χ0n) is 12.2. The van der Waals surface area contributed by atoms with E-state index < -0.39 is 23.5 Å². The number of unbranched alkanes of at least 4 members (excludes halogenated alkanes) is 2. The van der Waals surface area contributed by atoms with Crippen molar-refractivity contribution >= 4 is 11.9 Å². The molecule has 0 amide bonds. The molecule has 1 aliphatic rings. The van der Waals surface area contributed by atoms with Gasteiger partial charge in [-0.25, -0.2) is 0 Å². The summed E-state index contributed by atoms with van der Waals surface area (Å²) >= 11 is 0. The molecular weight excluding hydrogens is 264 g/mol. The fourth-order valence-electron chi connectivity index (χ4n) is 2.20. The second-order valence-electron chi connectivity index (χ2n) is 5.27. The molecular formula is C14H24O6. The molecule has 0 aromatic rings. The summed E-state index contributed by atoms with van der Waals surface area (Å²) in [5.41, 5.74) is -1.77. The number of carbonyl (C=O) groups excluding carboxylic acids is 2. The molecule has 0 aromatic carbocycles. The van der Waals surface area contributed by atoms with Crippen LogP contribution >= 0.6 is 0 Å². The third-order valence-corrected chi connectivity index (χ3v) is 3.51. The molecule has 0 spiro atoms. The summed E-state index contributed by atoms with van der Waals surface area (Å²) in [5.74, 6) is -4.07. The van der Waals surface area contributed by atoms with E-state index in [1.54, 1.807) is 0 Å². The lowest BCUT2D eigenvalue weighted by atomic mass is 9.88.